The minimum absolute atomic E-state index is 0.0447. The fraction of sp³-hybridized carbons (Fsp3) is 0.267. The molecule has 4 nitrogen and oxygen atoms in total. The number of carbonyl (C=O) groups is 1. The van der Waals surface area contributed by atoms with Crippen LogP contribution in [-0.2, 0) is 6.42 Å². The Balaban J connectivity index is 1.92. The van der Waals surface area contributed by atoms with E-state index in [-0.39, 0.29) is 18.5 Å². The van der Waals surface area contributed by atoms with Gasteiger partial charge in [0.05, 0.1) is 11.9 Å². The van der Waals surface area contributed by atoms with Gasteiger partial charge in [0.1, 0.15) is 11.6 Å². The van der Waals surface area contributed by atoms with Crippen molar-refractivity contribution in [3.05, 3.63) is 59.8 Å². The van der Waals surface area contributed by atoms with E-state index in [9.17, 15) is 14.3 Å². The molecule has 2 rings (SSSR count). The van der Waals surface area contributed by atoms with E-state index in [1.165, 1.54) is 24.5 Å². The van der Waals surface area contributed by atoms with E-state index >= 15 is 0 Å². The summed E-state index contributed by atoms with van der Waals surface area (Å²) in [6, 6.07) is 8.88. The highest BCUT2D eigenvalue weighted by molar-refractivity contribution is 5.94. The lowest BCUT2D eigenvalue weighted by Gasteiger charge is -2.22. The van der Waals surface area contributed by atoms with Crippen molar-refractivity contribution in [1.29, 1.82) is 0 Å². The third kappa shape index (κ3) is 3.93. The second kappa shape index (κ2) is 5.88. The molecule has 0 aliphatic heterocycles. The molecule has 0 aliphatic carbocycles. The molecule has 0 saturated carbocycles. The minimum atomic E-state index is -1.14. The summed E-state index contributed by atoms with van der Waals surface area (Å²) in [6.07, 6.45) is 1.81. The number of hydrogen-bond acceptors (Lipinski definition) is 3. The van der Waals surface area contributed by atoms with Gasteiger partial charge in [0.15, 0.2) is 0 Å². The fourth-order valence-electron chi connectivity index (χ4n) is 1.85. The van der Waals surface area contributed by atoms with Gasteiger partial charge in [-0.15, -0.1) is 0 Å². The van der Waals surface area contributed by atoms with Crippen LogP contribution in [0.4, 0.5) is 4.39 Å². The second-order valence-electron chi connectivity index (χ2n) is 4.95. The molecule has 1 aromatic heterocycles. The molecule has 0 radical (unpaired) electrons. The lowest BCUT2D eigenvalue weighted by atomic mass is 10.0. The molecule has 0 saturated heterocycles. The van der Waals surface area contributed by atoms with Gasteiger partial charge in [0.2, 0.25) is 0 Å². The molecular formula is C15H16FNO3. The Hall–Kier alpha value is -2.14. The minimum Gasteiger partial charge on any atom is -0.469 e. The van der Waals surface area contributed by atoms with Gasteiger partial charge < -0.3 is 14.8 Å². The van der Waals surface area contributed by atoms with E-state index in [0.717, 1.165) is 6.07 Å². The summed E-state index contributed by atoms with van der Waals surface area (Å²) in [5.41, 5.74) is -0.917. The number of nitrogens with one attached hydrogen (secondary N) is 1. The number of hydrogen-bond donors (Lipinski definition) is 2. The van der Waals surface area contributed by atoms with Gasteiger partial charge >= 0.3 is 0 Å². The summed E-state index contributed by atoms with van der Waals surface area (Å²) in [5, 5.41) is 12.8. The van der Waals surface area contributed by atoms with Crippen LogP contribution in [0.5, 0.6) is 0 Å². The summed E-state index contributed by atoms with van der Waals surface area (Å²) in [4.78, 5) is 11.8. The summed E-state index contributed by atoms with van der Waals surface area (Å²) >= 11 is 0. The van der Waals surface area contributed by atoms with Crippen LogP contribution in [-0.4, -0.2) is 23.2 Å². The highest BCUT2D eigenvalue weighted by Gasteiger charge is 2.23. The standard InChI is InChI=1S/C15H16FNO3/c1-15(19,9-13-6-3-7-20-13)10-17-14(18)11-4-2-5-12(16)8-11/h2-8,19H,9-10H2,1H3,(H,17,18). The first-order chi connectivity index (χ1) is 9.46. The predicted octanol–water partition coefficient (Wildman–Crippen LogP) is 2.14. The van der Waals surface area contributed by atoms with E-state index in [1.54, 1.807) is 19.1 Å². The van der Waals surface area contributed by atoms with Crippen molar-refractivity contribution in [3.8, 4) is 0 Å². The Morgan fingerprint density at radius 1 is 1.40 bits per heavy atom. The van der Waals surface area contributed by atoms with Crippen LogP contribution in [0.1, 0.15) is 23.0 Å². The molecule has 1 amide bonds. The quantitative estimate of drug-likeness (QED) is 0.880. The molecule has 0 bridgehead atoms. The Kier molecular flexibility index (Phi) is 4.20. The zero-order chi connectivity index (χ0) is 14.6. The molecule has 1 heterocycles. The molecule has 106 valence electrons. The molecule has 2 N–H and O–H groups in total. The summed E-state index contributed by atoms with van der Waals surface area (Å²) in [7, 11) is 0. The Morgan fingerprint density at radius 3 is 2.85 bits per heavy atom. The number of aliphatic hydroxyl groups is 1. The van der Waals surface area contributed by atoms with Crippen molar-refractivity contribution < 1.29 is 18.7 Å². The first kappa shape index (κ1) is 14.3. The fourth-order valence-corrected chi connectivity index (χ4v) is 1.85. The van der Waals surface area contributed by atoms with Crippen molar-refractivity contribution >= 4 is 5.91 Å². The number of benzene rings is 1. The van der Waals surface area contributed by atoms with Crippen molar-refractivity contribution in [1.82, 2.24) is 5.32 Å². The first-order valence-corrected chi connectivity index (χ1v) is 6.25. The van der Waals surface area contributed by atoms with Gasteiger partial charge in [-0.2, -0.15) is 0 Å². The largest absolute Gasteiger partial charge is 0.469 e. The van der Waals surface area contributed by atoms with Crippen LogP contribution in [0, 0.1) is 5.82 Å². The molecule has 20 heavy (non-hydrogen) atoms. The van der Waals surface area contributed by atoms with Gasteiger partial charge in [-0.25, -0.2) is 4.39 Å². The molecule has 5 heteroatoms. The molecule has 1 unspecified atom stereocenters. The van der Waals surface area contributed by atoms with Gasteiger partial charge in [-0.05, 0) is 37.3 Å². The van der Waals surface area contributed by atoms with Gasteiger partial charge in [0, 0.05) is 18.5 Å². The maximum absolute atomic E-state index is 13.0. The molecule has 1 aromatic carbocycles. The maximum Gasteiger partial charge on any atom is 0.251 e. The van der Waals surface area contributed by atoms with Crippen LogP contribution in [0.25, 0.3) is 0 Å². The lowest BCUT2D eigenvalue weighted by Crippen LogP contribution is -2.42. The zero-order valence-electron chi connectivity index (χ0n) is 11.1. The van der Waals surface area contributed by atoms with Crippen LogP contribution >= 0.6 is 0 Å². The Labute approximate surface area is 116 Å². The highest BCUT2D eigenvalue weighted by Crippen LogP contribution is 2.13. The summed E-state index contributed by atoms with van der Waals surface area (Å²) in [6.45, 7) is 1.64. The number of halogens is 1. The molecule has 0 aliphatic rings. The average molecular weight is 277 g/mol. The smallest absolute Gasteiger partial charge is 0.251 e. The highest BCUT2D eigenvalue weighted by atomic mass is 19.1. The van der Waals surface area contributed by atoms with Crippen molar-refractivity contribution in [2.75, 3.05) is 6.54 Å². The molecular weight excluding hydrogens is 261 g/mol. The van der Waals surface area contributed by atoms with Crippen molar-refractivity contribution in [2.24, 2.45) is 0 Å². The number of furan rings is 1. The van der Waals surface area contributed by atoms with E-state index in [4.69, 9.17) is 4.42 Å². The zero-order valence-corrected chi connectivity index (χ0v) is 11.1. The summed E-state index contributed by atoms with van der Waals surface area (Å²) in [5.74, 6) is -0.265. The third-order valence-corrected chi connectivity index (χ3v) is 2.85. The van der Waals surface area contributed by atoms with Crippen LogP contribution in [0.2, 0.25) is 0 Å². The molecule has 1 atom stereocenters. The van der Waals surface area contributed by atoms with Crippen LogP contribution in [0.3, 0.4) is 0 Å². The Morgan fingerprint density at radius 2 is 2.20 bits per heavy atom. The molecule has 0 spiro atoms. The average Bonchev–Trinajstić information content (AvgIpc) is 2.88. The number of amides is 1. The van der Waals surface area contributed by atoms with Crippen LogP contribution < -0.4 is 5.32 Å². The third-order valence-electron chi connectivity index (χ3n) is 2.85. The SMILES string of the molecule is CC(O)(CNC(=O)c1cccc(F)c1)Cc1ccco1. The number of rotatable bonds is 5. The Bertz CT molecular complexity index is 579. The topological polar surface area (TPSA) is 62.5 Å². The van der Waals surface area contributed by atoms with E-state index in [0.29, 0.717) is 5.76 Å². The normalized spacial score (nSPS) is 13.8. The van der Waals surface area contributed by atoms with Gasteiger partial charge in [-0.1, -0.05) is 6.07 Å². The van der Waals surface area contributed by atoms with Crippen LogP contribution in [0.15, 0.2) is 47.1 Å². The van der Waals surface area contributed by atoms with Crippen molar-refractivity contribution in [2.45, 2.75) is 18.9 Å². The maximum atomic E-state index is 13.0. The lowest BCUT2D eigenvalue weighted by molar-refractivity contribution is 0.0510. The number of carbonyl (C=O) groups excluding carboxylic acids is 1. The second-order valence-corrected chi connectivity index (χ2v) is 4.95. The van der Waals surface area contributed by atoms with Gasteiger partial charge in [0.25, 0.3) is 5.91 Å². The van der Waals surface area contributed by atoms with Gasteiger partial charge in [-0.3, -0.25) is 4.79 Å². The van der Waals surface area contributed by atoms with Crippen molar-refractivity contribution in [3.63, 3.8) is 0 Å². The van der Waals surface area contributed by atoms with E-state index < -0.39 is 17.3 Å². The van der Waals surface area contributed by atoms with E-state index in [1.807, 2.05) is 0 Å². The van der Waals surface area contributed by atoms with E-state index in [2.05, 4.69) is 5.32 Å². The first-order valence-electron chi connectivity index (χ1n) is 6.25. The molecule has 2 aromatic rings. The summed E-state index contributed by atoms with van der Waals surface area (Å²) < 4.78 is 18.2. The monoisotopic (exact) mass is 277 g/mol. The molecule has 0 fully saturated rings. The predicted molar refractivity (Wildman–Crippen MR) is 71.8 cm³/mol.